The van der Waals surface area contributed by atoms with Crippen molar-refractivity contribution in [3.05, 3.63) is 29.3 Å². The summed E-state index contributed by atoms with van der Waals surface area (Å²) in [5.74, 6) is 1.55. The van der Waals surface area contributed by atoms with E-state index >= 15 is 0 Å². The number of benzene rings is 1. The van der Waals surface area contributed by atoms with Gasteiger partial charge in [0.2, 0.25) is 0 Å². The van der Waals surface area contributed by atoms with E-state index in [9.17, 15) is 4.79 Å². The number of methoxy groups -OCH3 is 2. The molecular formula is C19H31N3O3. The first-order valence-electron chi connectivity index (χ1n) is 8.83. The second-order valence-electron chi connectivity index (χ2n) is 5.79. The molecule has 0 saturated carbocycles. The number of unbranched alkanes of at least 4 members (excludes halogenated alkanes) is 1. The van der Waals surface area contributed by atoms with Crippen molar-refractivity contribution in [3.8, 4) is 5.75 Å². The second-order valence-corrected chi connectivity index (χ2v) is 5.79. The van der Waals surface area contributed by atoms with Gasteiger partial charge in [0.1, 0.15) is 5.75 Å². The fraction of sp³-hybridized carbons (Fsp3) is 0.579. The monoisotopic (exact) mass is 349 g/mol. The molecule has 2 N–H and O–H groups in total. The third-order valence-electron chi connectivity index (χ3n) is 3.75. The number of carbonyl (C=O) groups excluding carboxylic acids is 1. The van der Waals surface area contributed by atoms with E-state index in [1.165, 1.54) is 18.2 Å². The van der Waals surface area contributed by atoms with Crippen molar-refractivity contribution in [1.29, 1.82) is 0 Å². The summed E-state index contributed by atoms with van der Waals surface area (Å²) in [6, 6.07) is 6.21. The highest BCUT2D eigenvalue weighted by molar-refractivity contribution is 5.79. The van der Waals surface area contributed by atoms with Gasteiger partial charge in [0, 0.05) is 26.1 Å². The number of hydrogen-bond acceptors (Lipinski definition) is 4. The summed E-state index contributed by atoms with van der Waals surface area (Å²) >= 11 is 0. The van der Waals surface area contributed by atoms with Crippen LogP contribution in [0.4, 0.5) is 0 Å². The van der Waals surface area contributed by atoms with Crippen molar-refractivity contribution in [3.63, 3.8) is 0 Å². The third kappa shape index (κ3) is 8.42. The standard InChI is InChI=1S/C19H31N3O3/c1-5-20-19(21-12-7-6-8-18(23)25-4)22-13-11-16-14-15(2)9-10-17(16)24-3/h9-10,14H,5-8,11-13H2,1-4H3,(H2,20,21,22). The SMILES string of the molecule is CCNC(=NCCCCC(=O)OC)NCCc1cc(C)ccc1OC. The Labute approximate surface area is 151 Å². The van der Waals surface area contributed by atoms with E-state index in [0.29, 0.717) is 13.0 Å². The van der Waals surface area contributed by atoms with E-state index in [4.69, 9.17) is 4.74 Å². The molecule has 1 rings (SSSR count). The molecule has 0 radical (unpaired) electrons. The van der Waals surface area contributed by atoms with Crippen molar-refractivity contribution >= 4 is 11.9 Å². The predicted octanol–water partition coefficient (Wildman–Crippen LogP) is 2.44. The lowest BCUT2D eigenvalue weighted by Gasteiger charge is -2.13. The number of guanidine groups is 1. The highest BCUT2D eigenvalue weighted by atomic mass is 16.5. The van der Waals surface area contributed by atoms with Crippen LogP contribution in [0.25, 0.3) is 0 Å². The van der Waals surface area contributed by atoms with Crippen molar-refractivity contribution < 1.29 is 14.3 Å². The van der Waals surface area contributed by atoms with Gasteiger partial charge in [0.05, 0.1) is 14.2 Å². The van der Waals surface area contributed by atoms with Crippen LogP contribution in [0.3, 0.4) is 0 Å². The lowest BCUT2D eigenvalue weighted by Crippen LogP contribution is -2.38. The predicted molar refractivity (Wildman–Crippen MR) is 101 cm³/mol. The summed E-state index contributed by atoms with van der Waals surface area (Å²) in [5.41, 5.74) is 2.41. The number of aliphatic imine (C=N–C) groups is 1. The van der Waals surface area contributed by atoms with Gasteiger partial charge in [-0.05, 0) is 44.7 Å². The Morgan fingerprint density at radius 2 is 2.00 bits per heavy atom. The molecule has 0 spiro atoms. The van der Waals surface area contributed by atoms with E-state index in [-0.39, 0.29) is 5.97 Å². The Kier molecular flexibility index (Phi) is 10.1. The van der Waals surface area contributed by atoms with Crippen LogP contribution in [0.5, 0.6) is 5.75 Å². The first-order valence-corrected chi connectivity index (χ1v) is 8.83. The molecule has 6 nitrogen and oxygen atoms in total. The molecule has 0 saturated heterocycles. The maximum absolute atomic E-state index is 11.1. The van der Waals surface area contributed by atoms with Gasteiger partial charge in [-0.2, -0.15) is 0 Å². The molecule has 0 atom stereocenters. The molecule has 6 heteroatoms. The summed E-state index contributed by atoms with van der Waals surface area (Å²) in [5, 5.41) is 6.58. The Morgan fingerprint density at radius 3 is 2.68 bits per heavy atom. The zero-order chi connectivity index (χ0) is 18.5. The Morgan fingerprint density at radius 1 is 1.20 bits per heavy atom. The van der Waals surface area contributed by atoms with Gasteiger partial charge in [-0.3, -0.25) is 9.79 Å². The minimum absolute atomic E-state index is 0.166. The van der Waals surface area contributed by atoms with Gasteiger partial charge < -0.3 is 20.1 Å². The average Bonchev–Trinajstić information content (AvgIpc) is 2.61. The Balaban J connectivity index is 2.43. The lowest BCUT2D eigenvalue weighted by atomic mass is 10.1. The number of hydrogen-bond donors (Lipinski definition) is 2. The molecule has 0 unspecified atom stereocenters. The minimum atomic E-state index is -0.166. The summed E-state index contributed by atoms with van der Waals surface area (Å²) in [7, 11) is 3.11. The summed E-state index contributed by atoms with van der Waals surface area (Å²) in [4.78, 5) is 15.6. The highest BCUT2D eigenvalue weighted by Crippen LogP contribution is 2.19. The lowest BCUT2D eigenvalue weighted by molar-refractivity contribution is -0.140. The summed E-state index contributed by atoms with van der Waals surface area (Å²) in [6.07, 6.45) is 2.95. The van der Waals surface area contributed by atoms with Crippen LogP contribution in [0.2, 0.25) is 0 Å². The van der Waals surface area contributed by atoms with Crippen LogP contribution in [-0.2, 0) is 16.0 Å². The van der Waals surface area contributed by atoms with Crippen LogP contribution in [0.15, 0.2) is 23.2 Å². The number of rotatable bonds is 10. The van der Waals surface area contributed by atoms with Crippen molar-refractivity contribution in [1.82, 2.24) is 10.6 Å². The Bertz CT molecular complexity index is 559. The number of ether oxygens (including phenoxy) is 2. The Hall–Kier alpha value is -2.24. The zero-order valence-corrected chi connectivity index (χ0v) is 15.9. The number of esters is 1. The molecule has 140 valence electrons. The molecule has 0 aliphatic rings. The molecule has 0 bridgehead atoms. The average molecular weight is 349 g/mol. The largest absolute Gasteiger partial charge is 0.496 e. The van der Waals surface area contributed by atoms with Crippen LogP contribution >= 0.6 is 0 Å². The molecule has 0 aliphatic carbocycles. The van der Waals surface area contributed by atoms with E-state index in [0.717, 1.165) is 44.1 Å². The summed E-state index contributed by atoms with van der Waals surface area (Å²) < 4.78 is 10.0. The van der Waals surface area contributed by atoms with Crippen LogP contribution in [0, 0.1) is 6.92 Å². The topological polar surface area (TPSA) is 72.0 Å². The van der Waals surface area contributed by atoms with E-state index in [1.807, 2.05) is 13.0 Å². The number of nitrogens with zero attached hydrogens (tertiary/aromatic N) is 1. The minimum Gasteiger partial charge on any atom is -0.496 e. The molecule has 0 heterocycles. The molecule has 1 aromatic carbocycles. The quantitative estimate of drug-likeness (QED) is 0.294. The highest BCUT2D eigenvalue weighted by Gasteiger charge is 2.04. The molecule has 25 heavy (non-hydrogen) atoms. The van der Waals surface area contributed by atoms with Crippen LogP contribution in [-0.4, -0.2) is 45.8 Å². The van der Waals surface area contributed by atoms with Crippen molar-refractivity contribution in [2.24, 2.45) is 4.99 Å². The third-order valence-corrected chi connectivity index (χ3v) is 3.75. The fourth-order valence-electron chi connectivity index (χ4n) is 2.43. The van der Waals surface area contributed by atoms with Gasteiger partial charge in [0.15, 0.2) is 5.96 Å². The number of carbonyl (C=O) groups is 1. The number of nitrogens with one attached hydrogen (secondary N) is 2. The molecular weight excluding hydrogens is 318 g/mol. The van der Waals surface area contributed by atoms with Crippen LogP contribution in [0.1, 0.15) is 37.3 Å². The summed E-state index contributed by atoms with van der Waals surface area (Å²) in [6.45, 7) is 6.38. The van der Waals surface area contributed by atoms with Crippen molar-refractivity contribution in [2.75, 3.05) is 33.9 Å². The molecule has 0 amide bonds. The molecule has 1 aromatic rings. The van der Waals surface area contributed by atoms with E-state index in [2.05, 4.69) is 39.4 Å². The fourth-order valence-corrected chi connectivity index (χ4v) is 2.43. The number of aryl methyl sites for hydroxylation is 1. The maximum Gasteiger partial charge on any atom is 0.305 e. The normalized spacial score (nSPS) is 11.1. The smallest absolute Gasteiger partial charge is 0.305 e. The first-order chi connectivity index (χ1) is 12.1. The van der Waals surface area contributed by atoms with E-state index < -0.39 is 0 Å². The van der Waals surface area contributed by atoms with Gasteiger partial charge >= 0.3 is 5.97 Å². The van der Waals surface area contributed by atoms with Gasteiger partial charge in [-0.25, -0.2) is 0 Å². The van der Waals surface area contributed by atoms with Crippen molar-refractivity contribution in [2.45, 2.75) is 39.5 Å². The van der Waals surface area contributed by atoms with Gasteiger partial charge in [-0.15, -0.1) is 0 Å². The maximum atomic E-state index is 11.1. The molecule has 0 fully saturated rings. The van der Waals surface area contributed by atoms with Crippen LogP contribution < -0.4 is 15.4 Å². The van der Waals surface area contributed by atoms with Gasteiger partial charge in [-0.1, -0.05) is 17.7 Å². The zero-order valence-electron chi connectivity index (χ0n) is 15.9. The first kappa shape index (κ1) is 20.8. The molecule has 0 aromatic heterocycles. The second kappa shape index (κ2) is 12.2. The van der Waals surface area contributed by atoms with Gasteiger partial charge in [0.25, 0.3) is 0 Å². The van der Waals surface area contributed by atoms with E-state index in [1.54, 1.807) is 7.11 Å². The molecule has 0 aliphatic heterocycles.